The molecule has 2 heteroatoms. The van der Waals surface area contributed by atoms with Crippen LogP contribution in [-0.4, -0.2) is 18.8 Å². The van der Waals surface area contributed by atoms with Crippen molar-refractivity contribution in [1.29, 1.82) is 0 Å². The van der Waals surface area contributed by atoms with E-state index in [2.05, 4.69) is 90.2 Å². The van der Waals surface area contributed by atoms with Crippen molar-refractivity contribution in [2.24, 2.45) is 0 Å². The average Bonchev–Trinajstić information content (AvgIpc) is 3.36. The molecule has 0 radical (unpaired) electrons. The molecule has 0 aromatic heterocycles. The van der Waals surface area contributed by atoms with Gasteiger partial charge in [0.15, 0.2) is 0 Å². The van der Waals surface area contributed by atoms with E-state index >= 15 is 0 Å². The second-order valence-corrected chi connectivity index (χ2v) is 7.26. The summed E-state index contributed by atoms with van der Waals surface area (Å²) in [6, 6.07) is 30.8. The van der Waals surface area contributed by atoms with Gasteiger partial charge in [0.25, 0.3) is 0 Å². The first-order valence-electron chi connectivity index (χ1n) is 9.49. The molecule has 1 fully saturated rings. The molecule has 0 amide bonds. The predicted octanol–water partition coefficient (Wildman–Crippen LogP) is 4.99. The van der Waals surface area contributed by atoms with Gasteiger partial charge in [-0.15, -0.1) is 0 Å². The van der Waals surface area contributed by atoms with Gasteiger partial charge >= 0.3 is 0 Å². The van der Waals surface area contributed by atoms with Crippen LogP contribution in [0.5, 0.6) is 0 Å². The van der Waals surface area contributed by atoms with Crippen molar-refractivity contribution in [2.75, 3.05) is 11.9 Å². The van der Waals surface area contributed by atoms with Crippen LogP contribution in [0.3, 0.4) is 0 Å². The van der Waals surface area contributed by atoms with Crippen LogP contribution in [0.2, 0.25) is 0 Å². The van der Waals surface area contributed by atoms with Gasteiger partial charge in [-0.25, -0.2) is 0 Å². The van der Waals surface area contributed by atoms with E-state index in [0.29, 0.717) is 0 Å². The Balaban J connectivity index is 1.82. The Morgan fingerprint density at radius 1 is 0.769 bits per heavy atom. The second-order valence-electron chi connectivity index (χ2n) is 7.26. The Bertz CT molecular complexity index is 845. The lowest BCUT2D eigenvalue weighted by Crippen LogP contribution is -2.48. The van der Waals surface area contributed by atoms with E-state index in [0.717, 1.165) is 19.4 Å². The summed E-state index contributed by atoms with van der Waals surface area (Å²) < 4.78 is 6.20. The first-order valence-corrected chi connectivity index (χ1v) is 9.49. The van der Waals surface area contributed by atoms with Crippen molar-refractivity contribution in [3.63, 3.8) is 0 Å². The molecule has 2 nitrogen and oxygen atoms in total. The number of rotatable bonds is 3. The van der Waals surface area contributed by atoms with E-state index < -0.39 is 0 Å². The van der Waals surface area contributed by atoms with Crippen LogP contribution in [0.25, 0.3) is 0 Å². The fraction of sp³-hybridized carbons (Fsp3) is 0.250. The lowest BCUT2D eigenvalue weighted by atomic mass is 9.65. The van der Waals surface area contributed by atoms with Crippen LogP contribution in [0, 0.1) is 0 Å². The van der Waals surface area contributed by atoms with Gasteiger partial charge in [0.2, 0.25) is 0 Å². The Morgan fingerprint density at radius 3 is 2.00 bits per heavy atom. The molecule has 0 aliphatic carbocycles. The first-order chi connectivity index (χ1) is 12.9. The summed E-state index contributed by atoms with van der Waals surface area (Å²) in [7, 11) is 0. The van der Waals surface area contributed by atoms with Gasteiger partial charge in [0.1, 0.15) is 0 Å². The number of hydrogen-bond donors (Lipinski definition) is 1. The summed E-state index contributed by atoms with van der Waals surface area (Å²) in [5, 5.41) is 3.84. The largest absolute Gasteiger partial charge is 0.378 e. The second kappa shape index (κ2) is 6.30. The van der Waals surface area contributed by atoms with E-state index in [1.54, 1.807) is 0 Å². The molecular formula is C24H23NO. The number of para-hydroxylation sites is 1. The summed E-state index contributed by atoms with van der Waals surface area (Å²) in [4.78, 5) is 0. The molecule has 2 unspecified atom stereocenters. The molecule has 0 bridgehead atoms. The molecule has 2 heterocycles. The third kappa shape index (κ3) is 2.22. The summed E-state index contributed by atoms with van der Waals surface area (Å²) >= 11 is 0. The minimum absolute atomic E-state index is 0.187. The fourth-order valence-corrected chi connectivity index (χ4v) is 4.87. The molecule has 2 aliphatic rings. The number of nitrogens with one attached hydrogen (secondary N) is 1. The van der Waals surface area contributed by atoms with E-state index in [9.17, 15) is 0 Å². The van der Waals surface area contributed by atoms with Gasteiger partial charge < -0.3 is 10.1 Å². The first kappa shape index (κ1) is 15.7. The van der Waals surface area contributed by atoms with Gasteiger partial charge in [-0.1, -0.05) is 78.9 Å². The van der Waals surface area contributed by atoms with E-state index in [4.69, 9.17) is 4.74 Å². The Morgan fingerprint density at radius 2 is 1.38 bits per heavy atom. The van der Waals surface area contributed by atoms with Gasteiger partial charge in [0.05, 0.1) is 17.6 Å². The Labute approximate surface area is 154 Å². The van der Waals surface area contributed by atoms with E-state index in [1.807, 2.05) is 0 Å². The van der Waals surface area contributed by atoms with Crippen molar-refractivity contribution < 1.29 is 4.74 Å². The highest BCUT2D eigenvalue weighted by molar-refractivity contribution is 5.71. The molecular weight excluding hydrogens is 318 g/mol. The quantitative estimate of drug-likeness (QED) is 0.724. The summed E-state index contributed by atoms with van der Waals surface area (Å²) in [6.45, 7) is 0.860. The highest BCUT2D eigenvalue weighted by Gasteiger charge is 2.53. The predicted molar refractivity (Wildman–Crippen MR) is 106 cm³/mol. The van der Waals surface area contributed by atoms with Crippen LogP contribution >= 0.6 is 0 Å². The molecule has 130 valence electrons. The van der Waals surface area contributed by atoms with Crippen LogP contribution in [-0.2, 0) is 10.2 Å². The molecule has 0 spiro atoms. The molecule has 1 N–H and O–H groups in total. The molecule has 5 rings (SSSR count). The van der Waals surface area contributed by atoms with Crippen molar-refractivity contribution in [3.05, 3.63) is 102 Å². The lowest BCUT2D eigenvalue weighted by molar-refractivity contribution is 0.0849. The summed E-state index contributed by atoms with van der Waals surface area (Å²) in [6.07, 6.45) is 2.45. The third-order valence-corrected chi connectivity index (χ3v) is 5.92. The van der Waals surface area contributed by atoms with Crippen LogP contribution in [0.15, 0.2) is 84.9 Å². The summed E-state index contributed by atoms with van der Waals surface area (Å²) in [5.41, 5.74) is 4.97. The van der Waals surface area contributed by atoms with Crippen molar-refractivity contribution in [3.8, 4) is 0 Å². The van der Waals surface area contributed by atoms with E-state index in [-0.39, 0.29) is 17.6 Å². The maximum Gasteiger partial charge on any atom is 0.0792 e. The van der Waals surface area contributed by atoms with Gasteiger partial charge in [-0.05, 0) is 35.6 Å². The van der Waals surface area contributed by atoms with E-state index in [1.165, 1.54) is 22.4 Å². The summed E-state index contributed by atoms with van der Waals surface area (Å²) in [5.74, 6) is 0. The molecule has 1 saturated heterocycles. The zero-order chi connectivity index (χ0) is 17.4. The standard InChI is InChI=1S/C24H23NO/c1-3-10-18(11-4-1)24(19-12-5-2-6-13-19)20-14-7-8-15-21(20)25-23(24)22-16-9-17-26-22/h1-8,10-15,22-23,25H,9,16-17H2. The lowest BCUT2D eigenvalue weighted by Gasteiger charge is -2.39. The molecule has 0 saturated carbocycles. The highest BCUT2D eigenvalue weighted by Crippen LogP contribution is 2.52. The minimum Gasteiger partial charge on any atom is -0.378 e. The van der Waals surface area contributed by atoms with Crippen molar-refractivity contribution in [2.45, 2.75) is 30.4 Å². The van der Waals surface area contributed by atoms with Crippen LogP contribution in [0.4, 0.5) is 5.69 Å². The molecule has 2 atom stereocenters. The van der Waals surface area contributed by atoms with Crippen LogP contribution in [0.1, 0.15) is 29.5 Å². The smallest absolute Gasteiger partial charge is 0.0792 e. The van der Waals surface area contributed by atoms with Gasteiger partial charge in [-0.2, -0.15) is 0 Å². The molecule has 3 aromatic carbocycles. The molecule has 26 heavy (non-hydrogen) atoms. The number of ether oxygens (including phenoxy) is 1. The Kier molecular flexibility index (Phi) is 3.79. The maximum atomic E-state index is 6.20. The molecule has 3 aromatic rings. The zero-order valence-corrected chi connectivity index (χ0v) is 14.8. The minimum atomic E-state index is -0.242. The number of benzene rings is 3. The number of anilines is 1. The van der Waals surface area contributed by atoms with Crippen molar-refractivity contribution in [1.82, 2.24) is 0 Å². The number of fused-ring (bicyclic) bond motifs is 1. The monoisotopic (exact) mass is 341 g/mol. The SMILES string of the molecule is c1ccc(C2(c3ccccc3)c3ccccc3NC2C2CCCO2)cc1. The van der Waals surface area contributed by atoms with Gasteiger partial charge in [0, 0.05) is 12.3 Å². The Hall–Kier alpha value is -2.58. The normalized spacial score (nSPS) is 23.4. The van der Waals surface area contributed by atoms with Crippen LogP contribution < -0.4 is 5.32 Å². The maximum absolute atomic E-state index is 6.20. The topological polar surface area (TPSA) is 21.3 Å². The van der Waals surface area contributed by atoms with Gasteiger partial charge in [-0.3, -0.25) is 0 Å². The fourth-order valence-electron chi connectivity index (χ4n) is 4.87. The van der Waals surface area contributed by atoms with Crippen molar-refractivity contribution >= 4 is 5.69 Å². The zero-order valence-electron chi connectivity index (χ0n) is 14.8. The average molecular weight is 341 g/mol. The number of hydrogen-bond acceptors (Lipinski definition) is 2. The highest BCUT2D eigenvalue weighted by atomic mass is 16.5. The third-order valence-electron chi connectivity index (χ3n) is 5.92. The molecule has 2 aliphatic heterocycles.